The molecule has 1 atom stereocenters. The molecular formula is C16H25NO2. The Morgan fingerprint density at radius 1 is 1.21 bits per heavy atom. The predicted molar refractivity (Wildman–Crippen MR) is 79.7 cm³/mol. The van der Waals surface area contributed by atoms with E-state index in [-0.39, 0.29) is 18.4 Å². The zero-order valence-electron chi connectivity index (χ0n) is 12.9. The van der Waals surface area contributed by atoms with Crippen LogP contribution in [-0.4, -0.2) is 24.7 Å². The number of carbonyl (C=O) groups is 1. The number of carbonyl (C=O) groups excluding carboxylic acids is 1. The highest BCUT2D eigenvalue weighted by Gasteiger charge is 2.23. The molecule has 0 bridgehead atoms. The van der Waals surface area contributed by atoms with Crippen LogP contribution in [0.2, 0.25) is 0 Å². The Balaban J connectivity index is 3.26. The van der Waals surface area contributed by atoms with Gasteiger partial charge in [-0.25, -0.2) is 0 Å². The lowest BCUT2D eigenvalue weighted by molar-refractivity contribution is -0.123. The van der Waals surface area contributed by atoms with Crippen molar-refractivity contribution in [2.24, 2.45) is 5.92 Å². The largest absolute Gasteiger partial charge is 0.396 e. The molecule has 1 aromatic rings. The van der Waals surface area contributed by atoms with E-state index in [1.165, 1.54) is 11.1 Å². The third-order valence-corrected chi connectivity index (χ3v) is 4.05. The molecule has 0 saturated carbocycles. The van der Waals surface area contributed by atoms with Gasteiger partial charge in [0.25, 0.3) is 0 Å². The first kappa shape index (κ1) is 15.7. The van der Waals surface area contributed by atoms with E-state index in [9.17, 15) is 9.90 Å². The van der Waals surface area contributed by atoms with Gasteiger partial charge in [0, 0.05) is 12.7 Å². The number of aliphatic hydroxyl groups excluding tert-OH is 1. The summed E-state index contributed by atoms with van der Waals surface area (Å²) < 4.78 is 0. The number of benzene rings is 1. The summed E-state index contributed by atoms with van der Waals surface area (Å²) in [5, 5.41) is 9.29. The second-order valence-corrected chi connectivity index (χ2v) is 5.29. The summed E-state index contributed by atoms with van der Waals surface area (Å²) in [5.41, 5.74) is 5.62. The van der Waals surface area contributed by atoms with E-state index in [1.54, 1.807) is 11.9 Å². The van der Waals surface area contributed by atoms with Crippen LogP contribution >= 0.6 is 0 Å². The molecule has 19 heavy (non-hydrogen) atoms. The minimum atomic E-state index is -0.315. The topological polar surface area (TPSA) is 40.5 Å². The van der Waals surface area contributed by atoms with Crippen molar-refractivity contribution < 1.29 is 9.90 Å². The van der Waals surface area contributed by atoms with Gasteiger partial charge in [-0.3, -0.25) is 4.79 Å². The monoisotopic (exact) mass is 263 g/mol. The average Bonchev–Trinajstić information content (AvgIpc) is 2.37. The molecule has 0 aliphatic carbocycles. The molecule has 3 heteroatoms. The summed E-state index contributed by atoms with van der Waals surface area (Å²) in [7, 11) is 1.80. The van der Waals surface area contributed by atoms with Gasteiger partial charge in [0.05, 0.1) is 12.5 Å². The zero-order valence-corrected chi connectivity index (χ0v) is 12.9. The Bertz CT molecular complexity index is 450. The molecule has 0 spiro atoms. The molecular weight excluding hydrogens is 238 g/mol. The fourth-order valence-corrected chi connectivity index (χ4v) is 2.47. The summed E-state index contributed by atoms with van der Waals surface area (Å²) in [6.45, 7) is 10.0. The first-order valence-electron chi connectivity index (χ1n) is 6.80. The molecule has 1 rings (SSSR count). The van der Waals surface area contributed by atoms with Gasteiger partial charge in [0.1, 0.15) is 0 Å². The molecule has 3 nitrogen and oxygen atoms in total. The number of rotatable bonds is 4. The van der Waals surface area contributed by atoms with Crippen molar-refractivity contribution in [1.29, 1.82) is 0 Å². The van der Waals surface area contributed by atoms with Crippen LogP contribution in [0, 0.1) is 33.6 Å². The third-order valence-electron chi connectivity index (χ3n) is 4.05. The molecule has 1 unspecified atom stereocenters. The molecule has 1 amide bonds. The lowest BCUT2D eigenvalue weighted by Gasteiger charge is -2.27. The van der Waals surface area contributed by atoms with E-state index in [0.29, 0.717) is 6.42 Å². The van der Waals surface area contributed by atoms with Gasteiger partial charge >= 0.3 is 0 Å². The van der Waals surface area contributed by atoms with Crippen LogP contribution in [0.4, 0.5) is 5.69 Å². The predicted octanol–water partition coefficient (Wildman–Crippen LogP) is 2.90. The minimum absolute atomic E-state index is 0.0128. The van der Waals surface area contributed by atoms with Crippen LogP contribution in [0.1, 0.15) is 35.6 Å². The van der Waals surface area contributed by atoms with Crippen LogP contribution in [0.25, 0.3) is 0 Å². The highest BCUT2D eigenvalue weighted by atomic mass is 16.3. The summed E-state index contributed by atoms with van der Waals surface area (Å²) in [6, 6.07) is 2.15. The minimum Gasteiger partial charge on any atom is -0.396 e. The SMILES string of the molecule is CCC(CO)C(=O)N(C)c1c(C)c(C)cc(C)c1C. The summed E-state index contributed by atoms with van der Waals surface area (Å²) >= 11 is 0. The molecule has 0 aromatic heterocycles. The van der Waals surface area contributed by atoms with Gasteiger partial charge in [-0.15, -0.1) is 0 Å². The smallest absolute Gasteiger partial charge is 0.232 e. The Morgan fingerprint density at radius 3 is 2.05 bits per heavy atom. The Hall–Kier alpha value is -1.35. The molecule has 1 aromatic carbocycles. The number of hydrogen-bond donors (Lipinski definition) is 1. The number of anilines is 1. The van der Waals surface area contributed by atoms with Crippen LogP contribution in [0.15, 0.2) is 6.07 Å². The summed E-state index contributed by atoms with van der Waals surface area (Å²) in [5.74, 6) is -0.328. The number of hydrogen-bond acceptors (Lipinski definition) is 2. The number of nitrogens with zero attached hydrogens (tertiary/aromatic N) is 1. The van der Waals surface area contributed by atoms with Crippen molar-refractivity contribution in [3.8, 4) is 0 Å². The van der Waals surface area contributed by atoms with Crippen molar-refractivity contribution in [2.75, 3.05) is 18.6 Å². The van der Waals surface area contributed by atoms with Gasteiger partial charge in [0.15, 0.2) is 0 Å². The highest BCUT2D eigenvalue weighted by molar-refractivity contribution is 5.96. The molecule has 0 heterocycles. The average molecular weight is 263 g/mol. The van der Waals surface area contributed by atoms with Crippen molar-refractivity contribution in [2.45, 2.75) is 41.0 Å². The van der Waals surface area contributed by atoms with E-state index >= 15 is 0 Å². The van der Waals surface area contributed by atoms with Crippen molar-refractivity contribution >= 4 is 11.6 Å². The molecule has 0 fully saturated rings. The third kappa shape index (κ3) is 2.98. The number of amides is 1. The molecule has 1 N–H and O–H groups in total. The van der Waals surface area contributed by atoms with Crippen LogP contribution in [0.3, 0.4) is 0 Å². The lowest BCUT2D eigenvalue weighted by atomic mass is 9.97. The second kappa shape index (κ2) is 6.20. The van der Waals surface area contributed by atoms with E-state index in [2.05, 4.69) is 19.9 Å². The number of aliphatic hydroxyl groups is 1. The van der Waals surface area contributed by atoms with E-state index in [4.69, 9.17) is 0 Å². The van der Waals surface area contributed by atoms with Crippen molar-refractivity contribution in [3.05, 3.63) is 28.3 Å². The Morgan fingerprint density at radius 2 is 1.68 bits per heavy atom. The lowest BCUT2D eigenvalue weighted by Crippen LogP contribution is -2.35. The second-order valence-electron chi connectivity index (χ2n) is 5.29. The highest BCUT2D eigenvalue weighted by Crippen LogP contribution is 2.30. The quantitative estimate of drug-likeness (QED) is 0.907. The van der Waals surface area contributed by atoms with Crippen LogP contribution in [-0.2, 0) is 4.79 Å². The zero-order chi connectivity index (χ0) is 14.7. The summed E-state index contributed by atoms with van der Waals surface area (Å²) in [4.78, 5) is 14.1. The summed E-state index contributed by atoms with van der Waals surface area (Å²) in [6.07, 6.45) is 0.655. The first-order chi connectivity index (χ1) is 8.84. The van der Waals surface area contributed by atoms with Crippen LogP contribution in [0.5, 0.6) is 0 Å². The van der Waals surface area contributed by atoms with E-state index < -0.39 is 0 Å². The van der Waals surface area contributed by atoms with Gasteiger partial charge in [-0.05, 0) is 56.4 Å². The Kier molecular flexibility index (Phi) is 5.12. The standard InChI is InChI=1S/C16H25NO2/c1-7-14(9-18)16(19)17(6)15-12(4)10(2)8-11(3)13(15)5/h8,14,18H,7,9H2,1-6H3. The fraction of sp³-hybridized carbons (Fsp3) is 0.562. The normalized spacial score (nSPS) is 12.4. The molecule has 0 saturated heterocycles. The van der Waals surface area contributed by atoms with Crippen molar-refractivity contribution in [3.63, 3.8) is 0 Å². The van der Waals surface area contributed by atoms with E-state index in [0.717, 1.165) is 16.8 Å². The molecule has 106 valence electrons. The van der Waals surface area contributed by atoms with Gasteiger partial charge in [-0.1, -0.05) is 13.0 Å². The maximum absolute atomic E-state index is 12.4. The van der Waals surface area contributed by atoms with Gasteiger partial charge in [0.2, 0.25) is 5.91 Å². The Labute approximate surface area is 116 Å². The molecule has 0 radical (unpaired) electrons. The molecule has 0 aliphatic rings. The number of aryl methyl sites for hydroxylation is 2. The van der Waals surface area contributed by atoms with E-state index in [1.807, 2.05) is 20.8 Å². The van der Waals surface area contributed by atoms with Gasteiger partial charge in [-0.2, -0.15) is 0 Å². The fourth-order valence-electron chi connectivity index (χ4n) is 2.47. The van der Waals surface area contributed by atoms with Crippen LogP contribution < -0.4 is 4.90 Å². The first-order valence-corrected chi connectivity index (χ1v) is 6.80. The van der Waals surface area contributed by atoms with Crippen molar-refractivity contribution in [1.82, 2.24) is 0 Å². The maximum atomic E-state index is 12.4. The maximum Gasteiger partial charge on any atom is 0.232 e. The van der Waals surface area contributed by atoms with Gasteiger partial charge < -0.3 is 10.0 Å². The molecule has 0 aliphatic heterocycles.